The zero-order valence-corrected chi connectivity index (χ0v) is 34.7. The molecule has 4 aromatic carbocycles. The molecule has 0 aromatic heterocycles. The van der Waals surface area contributed by atoms with E-state index in [0.29, 0.717) is 39.3 Å². The summed E-state index contributed by atoms with van der Waals surface area (Å²) in [5, 5.41) is 6.28. The Morgan fingerprint density at radius 2 is 0.911 bits per heavy atom. The van der Waals surface area contributed by atoms with Crippen LogP contribution in [0, 0.1) is 0 Å². The number of aryl methyl sites for hydroxylation is 2. The van der Waals surface area contributed by atoms with Gasteiger partial charge in [-0.05, 0) is 102 Å². The molecule has 0 saturated heterocycles. The second-order valence-corrected chi connectivity index (χ2v) is 16.1. The van der Waals surface area contributed by atoms with E-state index in [1.807, 2.05) is 70.5 Å². The SMILES string of the molecule is CN(C)CCCN(CCCc1cccc2c1Oc1c(CCCN(CCCN(C)C)C(=O)NCc3ccccc3)cccc1C2(C)C)C(=O)NCc1ccccc1. The number of fused-ring (bicyclic) bond motifs is 2. The summed E-state index contributed by atoms with van der Waals surface area (Å²) in [5.41, 5.74) is 6.62. The van der Waals surface area contributed by atoms with Gasteiger partial charge in [-0.3, -0.25) is 0 Å². The predicted octanol–water partition coefficient (Wildman–Crippen LogP) is 8.31. The molecule has 0 radical (unpaired) electrons. The first-order valence-electron chi connectivity index (χ1n) is 20.4. The van der Waals surface area contributed by atoms with E-state index in [0.717, 1.165) is 85.4 Å². The zero-order chi connectivity index (χ0) is 39.9. The molecule has 2 N–H and O–H groups in total. The van der Waals surface area contributed by atoms with E-state index < -0.39 is 0 Å². The Morgan fingerprint density at radius 3 is 1.30 bits per heavy atom. The number of carbonyl (C=O) groups excluding carboxylic acids is 2. The van der Waals surface area contributed by atoms with E-state index in [-0.39, 0.29) is 17.5 Å². The van der Waals surface area contributed by atoms with Crippen LogP contribution in [0.15, 0.2) is 97.1 Å². The lowest BCUT2D eigenvalue weighted by Gasteiger charge is -2.36. The van der Waals surface area contributed by atoms with Crippen LogP contribution < -0.4 is 15.4 Å². The third kappa shape index (κ3) is 12.1. The largest absolute Gasteiger partial charge is 0.456 e. The standard InChI is InChI=1S/C47H64N6O3/c1-47(2)41-27-13-23-39(25-15-31-52(33-17-29-50(3)4)45(54)48-35-37-19-9-7-10-20-37)43(41)56-44-40(24-14-28-42(44)47)26-16-32-53(34-18-30-51(5)6)46(55)49-36-38-21-11-8-12-22-38/h7-14,19-24,27-28H,15-18,25-26,29-36H2,1-6H3,(H,48,54)(H,49,55). The summed E-state index contributed by atoms with van der Waals surface area (Å²) in [6.45, 7) is 10.2. The maximum atomic E-state index is 13.4. The Morgan fingerprint density at radius 1 is 0.518 bits per heavy atom. The highest BCUT2D eigenvalue weighted by atomic mass is 16.5. The molecule has 1 aliphatic rings. The maximum absolute atomic E-state index is 13.4. The van der Waals surface area contributed by atoms with Crippen molar-refractivity contribution in [2.75, 3.05) is 67.5 Å². The molecular weight excluding hydrogens is 697 g/mol. The normalized spacial score (nSPS) is 12.8. The van der Waals surface area contributed by atoms with Crippen molar-refractivity contribution in [1.29, 1.82) is 0 Å². The highest BCUT2D eigenvalue weighted by molar-refractivity contribution is 5.74. The molecule has 0 saturated carbocycles. The first-order chi connectivity index (χ1) is 27.0. The number of benzene rings is 4. The van der Waals surface area contributed by atoms with Gasteiger partial charge < -0.3 is 35.0 Å². The van der Waals surface area contributed by atoms with Gasteiger partial charge in [-0.2, -0.15) is 0 Å². The molecule has 0 bridgehead atoms. The summed E-state index contributed by atoms with van der Waals surface area (Å²) in [7, 11) is 8.27. The van der Waals surface area contributed by atoms with E-state index in [1.54, 1.807) is 0 Å². The van der Waals surface area contributed by atoms with E-state index in [1.165, 1.54) is 11.1 Å². The molecule has 5 rings (SSSR count). The lowest BCUT2D eigenvalue weighted by Crippen LogP contribution is -2.41. The molecule has 56 heavy (non-hydrogen) atoms. The van der Waals surface area contributed by atoms with Crippen molar-refractivity contribution in [3.63, 3.8) is 0 Å². The number of hydrogen-bond donors (Lipinski definition) is 2. The summed E-state index contributed by atoms with van der Waals surface area (Å²) in [4.78, 5) is 35.1. The molecule has 4 amide bonds. The minimum absolute atomic E-state index is 0.0245. The van der Waals surface area contributed by atoms with Crippen molar-refractivity contribution in [1.82, 2.24) is 30.2 Å². The Bertz CT molecular complexity index is 1700. The monoisotopic (exact) mass is 761 g/mol. The van der Waals surface area contributed by atoms with Gasteiger partial charge in [0.2, 0.25) is 0 Å². The minimum Gasteiger partial charge on any atom is -0.456 e. The van der Waals surface area contributed by atoms with E-state index in [4.69, 9.17) is 4.74 Å². The Kier molecular flexibility index (Phi) is 15.8. The van der Waals surface area contributed by atoms with Gasteiger partial charge in [0.05, 0.1) is 0 Å². The minimum atomic E-state index is -0.250. The van der Waals surface area contributed by atoms with Crippen LogP contribution in [0.25, 0.3) is 0 Å². The average Bonchev–Trinajstić information content (AvgIpc) is 3.19. The summed E-state index contributed by atoms with van der Waals surface area (Å²) in [5.74, 6) is 1.88. The second kappa shape index (κ2) is 20.9. The van der Waals surface area contributed by atoms with Crippen LogP contribution in [0.2, 0.25) is 0 Å². The first-order valence-corrected chi connectivity index (χ1v) is 20.4. The number of urea groups is 2. The van der Waals surface area contributed by atoms with Crippen molar-refractivity contribution < 1.29 is 14.3 Å². The van der Waals surface area contributed by atoms with Gasteiger partial charge in [0.25, 0.3) is 0 Å². The van der Waals surface area contributed by atoms with Crippen LogP contribution >= 0.6 is 0 Å². The number of ether oxygens (including phenoxy) is 1. The Balaban J connectivity index is 1.25. The predicted molar refractivity (Wildman–Crippen MR) is 229 cm³/mol. The van der Waals surface area contributed by atoms with Crippen molar-refractivity contribution in [2.45, 2.75) is 70.9 Å². The quantitative estimate of drug-likeness (QED) is 0.0948. The molecular formula is C47H64N6O3. The highest BCUT2D eigenvalue weighted by Gasteiger charge is 2.36. The average molecular weight is 761 g/mol. The summed E-state index contributed by atoms with van der Waals surface area (Å²) in [6, 6.07) is 33.1. The van der Waals surface area contributed by atoms with Crippen molar-refractivity contribution in [3.05, 3.63) is 130 Å². The summed E-state index contributed by atoms with van der Waals surface area (Å²) >= 11 is 0. The van der Waals surface area contributed by atoms with Gasteiger partial charge in [-0.15, -0.1) is 0 Å². The lowest BCUT2D eigenvalue weighted by molar-refractivity contribution is 0.193. The fourth-order valence-electron chi connectivity index (χ4n) is 7.51. The van der Waals surface area contributed by atoms with Gasteiger partial charge in [0.15, 0.2) is 0 Å². The number of rotatable bonds is 20. The van der Waals surface area contributed by atoms with Crippen molar-refractivity contribution >= 4 is 12.1 Å². The second-order valence-electron chi connectivity index (χ2n) is 16.1. The molecule has 0 spiro atoms. The Labute approximate surface area is 336 Å². The molecule has 1 heterocycles. The maximum Gasteiger partial charge on any atom is 0.317 e. The molecule has 9 heteroatoms. The van der Waals surface area contributed by atoms with E-state index in [2.05, 4.69) is 98.9 Å². The topological polar surface area (TPSA) is 80.4 Å². The number of carbonyl (C=O) groups is 2. The molecule has 0 aliphatic carbocycles. The number of nitrogens with one attached hydrogen (secondary N) is 2. The number of nitrogens with zero attached hydrogens (tertiary/aromatic N) is 4. The molecule has 0 fully saturated rings. The number of para-hydroxylation sites is 2. The van der Waals surface area contributed by atoms with Gasteiger partial charge >= 0.3 is 12.1 Å². The fraction of sp³-hybridized carbons (Fsp3) is 0.447. The third-order valence-corrected chi connectivity index (χ3v) is 10.7. The van der Waals surface area contributed by atoms with E-state index >= 15 is 0 Å². The van der Waals surface area contributed by atoms with Crippen LogP contribution in [0.3, 0.4) is 0 Å². The molecule has 1 aliphatic heterocycles. The van der Waals surface area contributed by atoms with Gasteiger partial charge in [0, 0.05) is 55.8 Å². The lowest BCUT2D eigenvalue weighted by atomic mass is 9.74. The summed E-state index contributed by atoms with van der Waals surface area (Å²) < 4.78 is 6.95. The molecule has 0 unspecified atom stereocenters. The van der Waals surface area contributed by atoms with Crippen LogP contribution in [-0.4, -0.2) is 99.1 Å². The molecule has 4 aromatic rings. The van der Waals surface area contributed by atoms with Crippen molar-refractivity contribution in [2.24, 2.45) is 0 Å². The van der Waals surface area contributed by atoms with Crippen LogP contribution in [0.5, 0.6) is 11.5 Å². The highest BCUT2D eigenvalue weighted by Crippen LogP contribution is 2.50. The van der Waals surface area contributed by atoms with Crippen molar-refractivity contribution in [3.8, 4) is 11.5 Å². The van der Waals surface area contributed by atoms with Gasteiger partial charge in [-0.25, -0.2) is 9.59 Å². The molecule has 300 valence electrons. The van der Waals surface area contributed by atoms with E-state index in [9.17, 15) is 9.59 Å². The van der Waals surface area contributed by atoms with Gasteiger partial charge in [0.1, 0.15) is 11.5 Å². The van der Waals surface area contributed by atoms with Gasteiger partial charge in [-0.1, -0.05) is 111 Å². The van der Waals surface area contributed by atoms with Crippen LogP contribution in [0.1, 0.15) is 72.9 Å². The first kappa shape index (κ1) is 42.3. The number of hydrogen-bond acceptors (Lipinski definition) is 5. The smallest absolute Gasteiger partial charge is 0.317 e. The summed E-state index contributed by atoms with van der Waals surface area (Å²) in [6.07, 6.45) is 5.07. The molecule has 9 nitrogen and oxygen atoms in total. The zero-order valence-electron chi connectivity index (χ0n) is 34.7. The van der Waals surface area contributed by atoms with Crippen LogP contribution in [-0.2, 0) is 31.3 Å². The third-order valence-electron chi connectivity index (χ3n) is 10.7. The fourth-order valence-corrected chi connectivity index (χ4v) is 7.51. The van der Waals surface area contributed by atoms with Crippen LogP contribution in [0.4, 0.5) is 9.59 Å². The Hall–Kier alpha value is -4.86. The molecule has 0 atom stereocenters. The number of amides is 4.